The number of sulfonamides is 1. The first kappa shape index (κ1) is 23.0. The number of rotatable bonds is 5. The summed E-state index contributed by atoms with van der Waals surface area (Å²) in [7, 11) is -3.66. The monoisotopic (exact) mass is 465 g/mol. The van der Waals surface area contributed by atoms with Gasteiger partial charge in [0.05, 0.1) is 29.2 Å². The number of aryl methyl sites for hydroxylation is 1. The second-order valence-corrected chi connectivity index (χ2v) is 10.7. The van der Waals surface area contributed by atoms with Gasteiger partial charge in [0.15, 0.2) is 0 Å². The molecule has 2 heterocycles. The highest BCUT2D eigenvalue weighted by Gasteiger charge is 2.30. The third-order valence-corrected chi connectivity index (χ3v) is 8.13. The van der Waals surface area contributed by atoms with Crippen molar-refractivity contribution in [3.05, 3.63) is 64.9 Å². The molecule has 1 aliphatic rings. The molecule has 1 saturated heterocycles. The van der Waals surface area contributed by atoms with E-state index in [1.165, 1.54) is 39.7 Å². The molecule has 3 aromatic rings. The molecule has 0 aliphatic carbocycles. The maximum atomic E-state index is 13.0. The quantitative estimate of drug-likeness (QED) is 0.571. The molecule has 8 heteroatoms. The van der Waals surface area contributed by atoms with Crippen molar-refractivity contribution in [1.29, 1.82) is 5.26 Å². The molecular formula is C25H27N3O4S. The highest BCUT2D eigenvalue weighted by atomic mass is 32.2. The van der Waals surface area contributed by atoms with Gasteiger partial charge in [-0.05, 0) is 60.4 Å². The van der Waals surface area contributed by atoms with Gasteiger partial charge in [-0.2, -0.15) is 9.57 Å². The van der Waals surface area contributed by atoms with Gasteiger partial charge in [-0.25, -0.2) is 8.42 Å². The minimum atomic E-state index is -3.66. The number of nitrogens with zero attached hydrogens (tertiary/aromatic N) is 3. The molecule has 2 aromatic carbocycles. The van der Waals surface area contributed by atoms with Crippen LogP contribution in [0.2, 0.25) is 0 Å². The topological polar surface area (TPSA) is 94.6 Å². The number of piperazine rings is 1. The Kier molecular flexibility index (Phi) is 6.28. The smallest absolute Gasteiger partial charge is 0.243 e. The lowest BCUT2D eigenvalue weighted by molar-refractivity contribution is -0.131. The van der Waals surface area contributed by atoms with E-state index in [2.05, 4.69) is 26.8 Å². The Balaban J connectivity index is 1.43. The molecule has 0 spiro atoms. The number of fused-ring (bicyclic) bond motifs is 1. The predicted octanol–water partition coefficient (Wildman–Crippen LogP) is 3.81. The van der Waals surface area contributed by atoms with E-state index in [4.69, 9.17) is 9.68 Å². The lowest BCUT2D eigenvalue weighted by Gasteiger charge is -2.34. The van der Waals surface area contributed by atoms with E-state index in [0.29, 0.717) is 24.6 Å². The Morgan fingerprint density at radius 1 is 1.12 bits per heavy atom. The molecule has 0 N–H and O–H groups in total. The van der Waals surface area contributed by atoms with Gasteiger partial charge in [0.1, 0.15) is 5.58 Å². The molecule has 1 amide bonds. The van der Waals surface area contributed by atoms with E-state index < -0.39 is 10.0 Å². The molecule has 0 atom stereocenters. The Bertz CT molecular complexity index is 1330. The normalized spacial score (nSPS) is 15.2. The summed E-state index contributed by atoms with van der Waals surface area (Å²) in [6.45, 7) is 7.48. The predicted molar refractivity (Wildman–Crippen MR) is 125 cm³/mol. The molecule has 0 bridgehead atoms. The summed E-state index contributed by atoms with van der Waals surface area (Å²) >= 11 is 0. The first-order valence-electron chi connectivity index (χ1n) is 11.0. The number of carbonyl (C=O) groups excluding carboxylic acids is 1. The van der Waals surface area contributed by atoms with Crippen molar-refractivity contribution in [1.82, 2.24) is 9.21 Å². The summed E-state index contributed by atoms with van der Waals surface area (Å²) in [5, 5.41) is 9.87. The maximum absolute atomic E-state index is 13.0. The zero-order valence-electron chi connectivity index (χ0n) is 19.0. The summed E-state index contributed by atoms with van der Waals surface area (Å²) in [4.78, 5) is 14.8. The second kappa shape index (κ2) is 9.00. The lowest BCUT2D eigenvalue weighted by Crippen LogP contribution is -2.50. The van der Waals surface area contributed by atoms with Crippen molar-refractivity contribution in [3.63, 3.8) is 0 Å². The standard InChI is InChI=1S/C25H27N3O4S/c1-17(2)22-14-23-20(16-32-24(23)12-18(22)3)13-25(29)27-8-10-28(11-9-27)33(30,31)21-6-4-19(15-26)5-7-21/h4-7,12,14,16-17H,8-11,13H2,1-3H3. The van der Waals surface area contributed by atoms with Gasteiger partial charge in [-0.3, -0.25) is 4.79 Å². The third kappa shape index (κ3) is 4.52. The third-order valence-electron chi connectivity index (χ3n) is 6.22. The summed E-state index contributed by atoms with van der Waals surface area (Å²) < 4.78 is 32.9. The van der Waals surface area contributed by atoms with E-state index in [9.17, 15) is 13.2 Å². The molecular weight excluding hydrogens is 438 g/mol. The van der Waals surface area contributed by atoms with E-state index in [0.717, 1.165) is 16.5 Å². The van der Waals surface area contributed by atoms with Crippen molar-refractivity contribution < 1.29 is 17.6 Å². The number of furan rings is 1. The summed E-state index contributed by atoms with van der Waals surface area (Å²) in [5.74, 6) is 0.332. The molecule has 4 rings (SSSR count). The van der Waals surface area contributed by atoms with Crippen molar-refractivity contribution in [2.45, 2.75) is 38.0 Å². The van der Waals surface area contributed by atoms with E-state index in [1.54, 1.807) is 11.2 Å². The largest absolute Gasteiger partial charge is 0.464 e. The van der Waals surface area contributed by atoms with Gasteiger partial charge in [0, 0.05) is 37.1 Å². The fourth-order valence-corrected chi connectivity index (χ4v) is 5.73. The van der Waals surface area contributed by atoms with E-state index >= 15 is 0 Å². The average molecular weight is 466 g/mol. The van der Waals surface area contributed by atoms with Crippen molar-refractivity contribution in [3.8, 4) is 6.07 Å². The van der Waals surface area contributed by atoms with Crippen molar-refractivity contribution >= 4 is 26.9 Å². The van der Waals surface area contributed by atoms with E-state index in [-0.39, 0.29) is 30.3 Å². The molecule has 0 saturated carbocycles. The van der Waals surface area contributed by atoms with Gasteiger partial charge in [0.2, 0.25) is 15.9 Å². The van der Waals surface area contributed by atoms with Crippen LogP contribution in [0.5, 0.6) is 0 Å². The van der Waals surface area contributed by atoms with Crippen LogP contribution in [0.15, 0.2) is 52.0 Å². The van der Waals surface area contributed by atoms with Crippen LogP contribution in [-0.4, -0.2) is 49.7 Å². The summed E-state index contributed by atoms with van der Waals surface area (Å²) in [6.07, 6.45) is 1.87. The van der Waals surface area contributed by atoms with E-state index in [1.807, 2.05) is 12.1 Å². The van der Waals surface area contributed by atoms with Crippen LogP contribution in [0.25, 0.3) is 11.0 Å². The van der Waals surface area contributed by atoms with Crippen LogP contribution in [0.3, 0.4) is 0 Å². The highest BCUT2D eigenvalue weighted by Crippen LogP contribution is 2.29. The van der Waals surface area contributed by atoms with Crippen LogP contribution in [0, 0.1) is 18.3 Å². The molecule has 33 heavy (non-hydrogen) atoms. The Labute approximate surface area is 194 Å². The average Bonchev–Trinajstić information content (AvgIpc) is 3.19. The fourth-order valence-electron chi connectivity index (χ4n) is 4.31. The zero-order chi connectivity index (χ0) is 23.8. The first-order valence-corrected chi connectivity index (χ1v) is 12.4. The number of amides is 1. The SMILES string of the molecule is Cc1cc2occ(CC(=O)N3CCN(S(=O)(=O)c4ccc(C#N)cc4)CC3)c2cc1C(C)C. The molecule has 7 nitrogen and oxygen atoms in total. The summed E-state index contributed by atoms with van der Waals surface area (Å²) in [5.41, 5.74) is 4.44. The molecule has 1 aliphatic heterocycles. The van der Waals surface area contributed by atoms with Crippen molar-refractivity contribution in [2.24, 2.45) is 0 Å². The van der Waals surface area contributed by atoms with Gasteiger partial charge >= 0.3 is 0 Å². The minimum Gasteiger partial charge on any atom is -0.464 e. The fraction of sp³-hybridized carbons (Fsp3) is 0.360. The number of nitriles is 1. The van der Waals surface area contributed by atoms with Crippen LogP contribution < -0.4 is 0 Å². The van der Waals surface area contributed by atoms with Crippen LogP contribution in [0.1, 0.15) is 42.0 Å². The first-order chi connectivity index (χ1) is 15.7. The Hall–Kier alpha value is -3.15. The molecule has 172 valence electrons. The minimum absolute atomic E-state index is 0.0419. The number of hydrogen-bond acceptors (Lipinski definition) is 5. The zero-order valence-corrected chi connectivity index (χ0v) is 19.9. The lowest BCUT2D eigenvalue weighted by atomic mass is 9.95. The van der Waals surface area contributed by atoms with Crippen LogP contribution in [-0.2, 0) is 21.2 Å². The molecule has 1 aromatic heterocycles. The van der Waals surface area contributed by atoms with Crippen LogP contribution in [0.4, 0.5) is 0 Å². The van der Waals surface area contributed by atoms with Gasteiger partial charge in [-0.1, -0.05) is 13.8 Å². The van der Waals surface area contributed by atoms with Crippen LogP contribution >= 0.6 is 0 Å². The number of benzene rings is 2. The maximum Gasteiger partial charge on any atom is 0.243 e. The summed E-state index contributed by atoms with van der Waals surface area (Å²) in [6, 6.07) is 12.0. The van der Waals surface area contributed by atoms with Gasteiger partial charge in [-0.15, -0.1) is 0 Å². The van der Waals surface area contributed by atoms with Crippen molar-refractivity contribution in [2.75, 3.05) is 26.2 Å². The molecule has 1 fully saturated rings. The highest BCUT2D eigenvalue weighted by molar-refractivity contribution is 7.89. The molecule has 0 radical (unpaired) electrons. The Morgan fingerprint density at radius 3 is 2.39 bits per heavy atom. The molecule has 0 unspecified atom stereocenters. The number of carbonyl (C=O) groups is 1. The van der Waals surface area contributed by atoms with Gasteiger partial charge < -0.3 is 9.32 Å². The number of hydrogen-bond donors (Lipinski definition) is 0. The second-order valence-electron chi connectivity index (χ2n) is 8.72. The Morgan fingerprint density at radius 2 is 1.79 bits per heavy atom. The van der Waals surface area contributed by atoms with Gasteiger partial charge in [0.25, 0.3) is 0 Å².